The van der Waals surface area contributed by atoms with E-state index in [-0.39, 0.29) is 0 Å². The van der Waals surface area contributed by atoms with Crippen molar-refractivity contribution in [2.45, 2.75) is 64.1 Å². The number of hydrogen-bond donors (Lipinski definition) is 2. The number of imidazole rings is 1. The van der Waals surface area contributed by atoms with Crippen LogP contribution in [-0.2, 0) is 0 Å². The van der Waals surface area contributed by atoms with Crippen LogP contribution >= 0.6 is 0 Å². The second kappa shape index (κ2) is 7.81. The third-order valence-corrected chi connectivity index (χ3v) is 6.53. The van der Waals surface area contributed by atoms with Gasteiger partial charge in [-0.05, 0) is 39.5 Å². The highest BCUT2D eigenvalue weighted by molar-refractivity contribution is 5.79. The summed E-state index contributed by atoms with van der Waals surface area (Å²) < 4.78 is 7.81. The van der Waals surface area contributed by atoms with Gasteiger partial charge in [0.05, 0.1) is 13.2 Å². The lowest BCUT2D eigenvalue weighted by Crippen LogP contribution is -2.43. The standard InChI is InChI=1S/C21H27N9O/c1-12-9-17(28-27-12)24-21-25-19-18(20(26-21)31-3)23-13(2)30(19)16-10-14-5-6-15(11-16)29(14)8-4-7-22/h9,14-16H,4-6,8,10-11H2,1-3H3,(H2,24,25,26,27,28). The van der Waals surface area contributed by atoms with Gasteiger partial charge in [-0.1, -0.05) is 0 Å². The summed E-state index contributed by atoms with van der Waals surface area (Å²) in [5, 5.41) is 19.3. The number of aromatic nitrogens is 6. The molecule has 0 spiro atoms. The molecule has 5 rings (SSSR count). The molecule has 162 valence electrons. The minimum atomic E-state index is 0.320. The fourth-order valence-corrected chi connectivity index (χ4v) is 5.29. The molecule has 10 heteroatoms. The summed E-state index contributed by atoms with van der Waals surface area (Å²) in [6, 6.07) is 5.55. The number of ether oxygens (including phenoxy) is 1. The summed E-state index contributed by atoms with van der Waals surface area (Å²) in [6.45, 7) is 4.84. The first-order chi connectivity index (χ1) is 15.1. The molecule has 5 heterocycles. The molecule has 2 unspecified atom stereocenters. The van der Waals surface area contributed by atoms with Crippen molar-refractivity contribution in [3.63, 3.8) is 0 Å². The highest BCUT2D eigenvalue weighted by Gasteiger charge is 2.41. The molecule has 2 saturated heterocycles. The third-order valence-electron chi connectivity index (χ3n) is 6.53. The maximum atomic E-state index is 9.00. The summed E-state index contributed by atoms with van der Waals surface area (Å²) in [5.74, 6) is 2.47. The smallest absolute Gasteiger partial charge is 0.246 e. The first kappa shape index (κ1) is 19.8. The number of aromatic amines is 1. The predicted molar refractivity (Wildman–Crippen MR) is 115 cm³/mol. The molecule has 2 bridgehead atoms. The number of nitrogens with zero attached hydrogens (tertiary/aromatic N) is 7. The second-order valence-corrected chi connectivity index (χ2v) is 8.48. The summed E-state index contributed by atoms with van der Waals surface area (Å²) >= 11 is 0. The van der Waals surface area contributed by atoms with E-state index in [2.05, 4.69) is 36.0 Å². The van der Waals surface area contributed by atoms with E-state index < -0.39 is 0 Å². The number of piperidine rings is 1. The summed E-state index contributed by atoms with van der Waals surface area (Å²) in [7, 11) is 1.60. The molecule has 0 saturated carbocycles. The van der Waals surface area contributed by atoms with Crippen molar-refractivity contribution in [2.75, 3.05) is 19.0 Å². The van der Waals surface area contributed by atoms with Crippen LogP contribution in [0.1, 0.15) is 49.7 Å². The second-order valence-electron chi connectivity index (χ2n) is 8.48. The Morgan fingerprint density at radius 2 is 1.97 bits per heavy atom. The Bertz CT molecular complexity index is 1130. The van der Waals surface area contributed by atoms with Crippen molar-refractivity contribution >= 4 is 22.9 Å². The zero-order valence-electron chi connectivity index (χ0n) is 18.1. The van der Waals surface area contributed by atoms with Gasteiger partial charge in [-0.2, -0.15) is 20.3 Å². The Labute approximate surface area is 180 Å². The van der Waals surface area contributed by atoms with Gasteiger partial charge in [0.2, 0.25) is 11.8 Å². The predicted octanol–water partition coefficient (Wildman–Crippen LogP) is 3.00. The van der Waals surface area contributed by atoms with Crippen molar-refractivity contribution in [2.24, 2.45) is 0 Å². The maximum absolute atomic E-state index is 9.00. The highest BCUT2D eigenvalue weighted by Crippen LogP contribution is 2.42. The van der Waals surface area contributed by atoms with Gasteiger partial charge in [0.25, 0.3) is 0 Å². The van der Waals surface area contributed by atoms with Crippen LogP contribution in [0.15, 0.2) is 6.07 Å². The van der Waals surface area contributed by atoms with Crippen molar-refractivity contribution in [3.8, 4) is 11.9 Å². The van der Waals surface area contributed by atoms with Gasteiger partial charge in [0.1, 0.15) is 5.82 Å². The Morgan fingerprint density at radius 3 is 2.61 bits per heavy atom. The van der Waals surface area contributed by atoms with Crippen LogP contribution in [0.3, 0.4) is 0 Å². The number of nitrogens with one attached hydrogen (secondary N) is 2. The third kappa shape index (κ3) is 3.49. The molecule has 3 aromatic rings. The normalized spacial score (nSPS) is 23.2. The molecule has 2 aliphatic rings. The van der Waals surface area contributed by atoms with E-state index in [4.69, 9.17) is 20.0 Å². The van der Waals surface area contributed by atoms with E-state index in [1.165, 1.54) is 12.8 Å². The number of anilines is 2. The monoisotopic (exact) mass is 421 g/mol. The molecule has 3 aromatic heterocycles. The number of fused-ring (bicyclic) bond motifs is 3. The fraction of sp³-hybridized carbons (Fsp3) is 0.571. The van der Waals surface area contributed by atoms with Crippen LogP contribution in [0.2, 0.25) is 0 Å². The lowest BCUT2D eigenvalue weighted by molar-refractivity contribution is 0.110. The Balaban J connectivity index is 1.50. The summed E-state index contributed by atoms with van der Waals surface area (Å²) in [4.78, 5) is 16.6. The number of methoxy groups -OCH3 is 1. The molecule has 0 amide bonds. The van der Waals surface area contributed by atoms with Crippen molar-refractivity contribution in [1.29, 1.82) is 5.26 Å². The maximum Gasteiger partial charge on any atom is 0.246 e. The van der Waals surface area contributed by atoms with E-state index in [9.17, 15) is 0 Å². The molecule has 0 aliphatic carbocycles. The number of H-pyrrole nitrogens is 1. The zero-order valence-corrected chi connectivity index (χ0v) is 18.1. The molecule has 0 aromatic carbocycles. The molecule has 31 heavy (non-hydrogen) atoms. The lowest BCUT2D eigenvalue weighted by atomic mass is 9.96. The van der Waals surface area contributed by atoms with Gasteiger partial charge in [-0.15, -0.1) is 0 Å². The van der Waals surface area contributed by atoms with Gasteiger partial charge < -0.3 is 14.6 Å². The minimum Gasteiger partial charge on any atom is -0.479 e. The van der Waals surface area contributed by atoms with Crippen LogP contribution in [0, 0.1) is 25.2 Å². The van der Waals surface area contributed by atoms with Gasteiger partial charge in [0.15, 0.2) is 17.0 Å². The first-order valence-electron chi connectivity index (χ1n) is 10.8. The number of rotatable bonds is 6. The van der Waals surface area contributed by atoms with E-state index in [0.29, 0.717) is 47.7 Å². The van der Waals surface area contributed by atoms with E-state index in [1.807, 2.05) is 19.9 Å². The van der Waals surface area contributed by atoms with E-state index >= 15 is 0 Å². The molecule has 0 radical (unpaired) electrons. The topological polar surface area (TPSA) is 121 Å². The average Bonchev–Trinajstić information content (AvgIpc) is 3.38. The summed E-state index contributed by atoms with van der Waals surface area (Å²) in [5.41, 5.74) is 2.42. The van der Waals surface area contributed by atoms with Crippen molar-refractivity contribution in [3.05, 3.63) is 17.6 Å². The Hall–Kier alpha value is -3.19. The van der Waals surface area contributed by atoms with Gasteiger partial charge in [0, 0.05) is 42.9 Å². The molecule has 2 N–H and O–H groups in total. The van der Waals surface area contributed by atoms with Crippen LogP contribution < -0.4 is 10.1 Å². The molecular formula is C21H27N9O. The molecular weight excluding hydrogens is 394 g/mol. The van der Waals surface area contributed by atoms with Gasteiger partial charge in [-0.3, -0.25) is 10.00 Å². The largest absolute Gasteiger partial charge is 0.479 e. The Morgan fingerprint density at radius 1 is 1.19 bits per heavy atom. The van der Waals surface area contributed by atoms with E-state index in [1.54, 1.807) is 7.11 Å². The highest BCUT2D eigenvalue weighted by atomic mass is 16.5. The van der Waals surface area contributed by atoms with Crippen molar-refractivity contribution < 1.29 is 4.74 Å². The lowest BCUT2D eigenvalue weighted by Gasteiger charge is -2.39. The molecule has 2 fully saturated rings. The van der Waals surface area contributed by atoms with Gasteiger partial charge >= 0.3 is 0 Å². The SMILES string of the molecule is COc1nc(Nc2cc(C)[nH]n2)nc2c1nc(C)n2C1CC2CCC(C1)N2CCC#N. The quantitative estimate of drug-likeness (QED) is 0.623. The Kier molecular flexibility index (Phi) is 4.98. The molecule has 2 atom stereocenters. The molecule has 2 aliphatic heterocycles. The fourth-order valence-electron chi connectivity index (χ4n) is 5.29. The van der Waals surface area contributed by atoms with Crippen LogP contribution in [0.4, 0.5) is 11.8 Å². The number of hydrogen-bond acceptors (Lipinski definition) is 8. The average molecular weight is 422 g/mol. The van der Waals surface area contributed by atoms with Crippen molar-refractivity contribution in [1.82, 2.24) is 34.6 Å². The van der Waals surface area contributed by atoms with Crippen LogP contribution in [0.25, 0.3) is 11.2 Å². The molecule has 10 nitrogen and oxygen atoms in total. The van der Waals surface area contributed by atoms with Crippen LogP contribution in [0.5, 0.6) is 5.88 Å². The first-order valence-corrected chi connectivity index (χ1v) is 10.8. The summed E-state index contributed by atoms with van der Waals surface area (Å²) in [6.07, 6.45) is 5.07. The zero-order chi connectivity index (χ0) is 21.5. The number of aryl methyl sites for hydroxylation is 2. The number of nitriles is 1. The van der Waals surface area contributed by atoms with Gasteiger partial charge in [-0.25, -0.2) is 4.98 Å². The minimum absolute atomic E-state index is 0.320. The van der Waals surface area contributed by atoms with E-state index in [0.717, 1.165) is 36.6 Å². The van der Waals surface area contributed by atoms with Crippen LogP contribution in [-0.4, -0.2) is 60.4 Å².